The zero-order valence-corrected chi connectivity index (χ0v) is 15.6. The first-order valence-electron chi connectivity index (χ1n) is 8.78. The highest BCUT2D eigenvalue weighted by atomic mass is 16.5. The van der Waals surface area contributed by atoms with Gasteiger partial charge in [-0.2, -0.15) is 0 Å². The summed E-state index contributed by atoms with van der Waals surface area (Å²) >= 11 is 0. The lowest BCUT2D eigenvalue weighted by atomic mass is 9.88. The van der Waals surface area contributed by atoms with Crippen molar-refractivity contribution in [1.82, 2.24) is 5.32 Å². The second kappa shape index (κ2) is 9.62. The van der Waals surface area contributed by atoms with Crippen molar-refractivity contribution in [2.45, 2.75) is 31.7 Å². The van der Waals surface area contributed by atoms with Crippen molar-refractivity contribution < 1.29 is 24.2 Å². The van der Waals surface area contributed by atoms with Crippen LogP contribution in [-0.4, -0.2) is 30.7 Å². The number of para-hydroxylation sites is 1. The van der Waals surface area contributed by atoms with Crippen molar-refractivity contribution in [3.63, 3.8) is 0 Å². The summed E-state index contributed by atoms with van der Waals surface area (Å²) in [5.41, 5.74) is -0.351. The van der Waals surface area contributed by atoms with Gasteiger partial charge in [0.25, 0.3) is 0 Å². The van der Waals surface area contributed by atoms with E-state index in [2.05, 4.69) is 5.32 Å². The first-order valence-corrected chi connectivity index (χ1v) is 8.78. The highest BCUT2D eigenvalue weighted by Crippen LogP contribution is 2.28. The molecule has 0 aromatic heterocycles. The minimum Gasteiger partial charge on any atom is -0.497 e. The van der Waals surface area contributed by atoms with Crippen LogP contribution in [0.3, 0.4) is 0 Å². The van der Waals surface area contributed by atoms with Gasteiger partial charge in [0.05, 0.1) is 25.7 Å². The van der Waals surface area contributed by atoms with Crippen LogP contribution >= 0.6 is 0 Å². The number of amides is 1. The Balaban J connectivity index is 1.95. The summed E-state index contributed by atoms with van der Waals surface area (Å²) in [5.74, 6) is 0.144. The Bertz CT molecular complexity index is 762. The number of carbonyl (C=O) groups excluding carboxylic acids is 1. The van der Waals surface area contributed by atoms with Crippen LogP contribution in [0.1, 0.15) is 31.7 Å². The van der Waals surface area contributed by atoms with E-state index in [0.29, 0.717) is 24.3 Å². The van der Waals surface area contributed by atoms with E-state index in [0.717, 1.165) is 5.75 Å². The number of aliphatic carboxylic acids is 1. The molecule has 144 valence electrons. The lowest BCUT2D eigenvalue weighted by molar-refractivity contribution is -0.139. The monoisotopic (exact) mass is 371 g/mol. The van der Waals surface area contributed by atoms with Crippen LogP contribution in [0.5, 0.6) is 11.5 Å². The molecule has 0 aliphatic rings. The molecule has 1 unspecified atom stereocenters. The van der Waals surface area contributed by atoms with E-state index >= 15 is 0 Å². The summed E-state index contributed by atoms with van der Waals surface area (Å²) < 4.78 is 10.8. The maximum atomic E-state index is 12.4. The number of hydrogen-bond acceptors (Lipinski definition) is 4. The van der Waals surface area contributed by atoms with Crippen molar-refractivity contribution in [2.75, 3.05) is 13.7 Å². The van der Waals surface area contributed by atoms with E-state index < -0.39 is 11.5 Å². The van der Waals surface area contributed by atoms with E-state index in [-0.39, 0.29) is 18.7 Å². The highest BCUT2D eigenvalue weighted by molar-refractivity contribution is 5.78. The number of nitrogens with one attached hydrogen (secondary N) is 1. The third-order valence-corrected chi connectivity index (χ3v) is 4.19. The van der Waals surface area contributed by atoms with E-state index in [1.165, 1.54) is 0 Å². The fraction of sp³-hybridized carbons (Fsp3) is 0.333. The lowest BCUT2D eigenvalue weighted by Crippen LogP contribution is -2.45. The summed E-state index contributed by atoms with van der Waals surface area (Å²) in [6.45, 7) is 2.11. The molecule has 6 heteroatoms. The molecule has 0 saturated heterocycles. The number of carboxylic acid groups (broad SMARTS) is 1. The summed E-state index contributed by atoms with van der Waals surface area (Å²) in [6, 6.07) is 16.4. The maximum Gasteiger partial charge on any atom is 0.306 e. The molecule has 27 heavy (non-hydrogen) atoms. The first-order chi connectivity index (χ1) is 12.9. The van der Waals surface area contributed by atoms with Crippen LogP contribution in [0.15, 0.2) is 54.6 Å². The smallest absolute Gasteiger partial charge is 0.306 e. The first kappa shape index (κ1) is 20.3. The fourth-order valence-electron chi connectivity index (χ4n) is 2.80. The van der Waals surface area contributed by atoms with Gasteiger partial charge in [-0.1, -0.05) is 30.3 Å². The Morgan fingerprint density at radius 1 is 1.07 bits per heavy atom. The normalized spacial score (nSPS) is 12.7. The molecule has 0 aliphatic carbocycles. The minimum absolute atomic E-state index is 0.224. The third kappa shape index (κ3) is 6.33. The Kier molecular flexibility index (Phi) is 7.23. The summed E-state index contributed by atoms with van der Waals surface area (Å²) in [7, 11) is 1.54. The number of hydrogen-bond donors (Lipinski definition) is 2. The molecule has 0 fully saturated rings. The predicted molar refractivity (Wildman–Crippen MR) is 102 cm³/mol. The molecular weight excluding hydrogens is 346 g/mol. The van der Waals surface area contributed by atoms with E-state index in [4.69, 9.17) is 9.47 Å². The minimum atomic E-state index is -1.03. The number of rotatable bonds is 10. The summed E-state index contributed by atoms with van der Waals surface area (Å²) in [6.07, 6.45) is 0.542. The predicted octanol–water partition coefficient (Wildman–Crippen LogP) is 3.36. The van der Waals surface area contributed by atoms with Crippen molar-refractivity contribution in [2.24, 2.45) is 0 Å². The quantitative estimate of drug-likeness (QED) is 0.626. The molecule has 6 nitrogen and oxygen atoms in total. The van der Waals surface area contributed by atoms with E-state index in [1.807, 2.05) is 30.3 Å². The Hall–Kier alpha value is -3.02. The summed E-state index contributed by atoms with van der Waals surface area (Å²) in [5, 5.41) is 12.1. The molecule has 2 N–H and O–H groups in total. The van der Waals surface area contributed by atoms with Gasteiger partial charge in [0, 0.05) is 6.42 Å². The molecule has 0 aliphatic heterocycles. The van der Waals surface area contributed by atoms with Gasteiger partial charge in [0.15, 0.2) is 0 Å². The molecular formula is C21H25NO5. The van der Waals surface area contributed by atoms with Crippen molar-refractivity contribution >= 4 is 11.9 Å². The second-order valence-corrected chi connectivity index (χ2v) is 6.45. The zero-order chi connectivity index (χ0) is 19.7. The molecule has 1 atom stereocenters. The molecule has 0 heterocycles. The van der Waals surface area contributed by atoms with Gasteiger partial charge in [-0.25, -0.2) is 0 Å². The lowest BCUT2D eigenvalue weighted by Gasteiger charge is -2.30. The van der Waals surface area contributed by atoms with Crippen LogP contribution in [-0.2, 0) is 15.1 Å². The molecule has 0 spiro atoms. The molecule has 2 rings (SSSR count). The van der Waals surface area contributed by atoms with E-state index in [1.54, 1.807) is 38.3 Å². The van der Waals surface area contributed by atoms with Crippen LogP contribution in [0, 0.1) is 0 Å². The third-order valence-electron chi connectivity index (χ3n) is 4.19. The fourth-order valence-corrected chi connectivity index (χ4v) is 2.80. The summed E-state index contributed by atoms with van der Waals surface area (Å²) in [4.78, 5) is 23.7. The highest BCUT2D eigenvalue weighted by Gasteiger charge is 2.31. The van der Waals surface area contributed by atoms with Crippen LogP contribution < -0.4 is 14.8 Å². The van der Waals surface area contributed by atoms with Gasteiger partial charge in [-0.05, 0) is 43.2 Å². The van der Waals surface area contributed by atoms with Crippen molar-refractivity contribution in [3.05, 3.63) is 60.2 Å². The molecule has 2 aromatic carbocycles. The maximum absolute atomic E-state index is 12.4. The Morgan fingerprint density at radius 2 is 1.78 bits per heavy atom. The standard InChI is InChI=1S/C21H25NO5/c1-21(15-20(24)25,16-8-6-11-18(14-16)26-2)22-19(23)12-7-13-27-17-9-4-3-5-10-17/h3-6,8-11,14H,7,12-13,15H2,1-2H3,(H,22,23)(H,24,25). The van der Waals surface area contributed by atoms with Crippen LogP contribution in [0.2, 0.25) is 0 Å². The molecule has 0 bridgehead atoms. The van der Waals surface area contributed by atoms with Crippen LogP contribution in [0.25, 0.3) is 0 Å². The van der Waals surface area contributed by atoms with Gasteiger partial charge in [0.2, 0.25) is 5.91 Å². The van der Waals surface area contributed by atoms with Gasteiger partial charge >= 0.3 is 5.97 Å². The van der Waals surface area contributed by atoms with Gasteiger partial charge < -0.3 is 19.9 Å². The largest absolute Gasteiger partial charge is 0.497 e. The van der Waals surface area contributed by atoms with Gasteiger partial charge in [0.1, 0.15) is 11.5 Å². The average molecular weight is 371 g/mol. The van der Waals surface area contributed by atoms with Crippen LogP contribution in [0.4, 0.5) is 0 Å². The average Bonchev–Trinajstić information content (AvgIpc) is 2.65. The van der Waals surface area contributed by atoms with Crippen molar-refractivity contribution in [3.8, 4) is 11.5 Å². The van der Waals surface area contributed by atoms with E-state index in [9.17, 15) is 14.7 Å². The number of ether oxygens (including phenoxy) is 2. The van der Waals surface area contributed by atoms with Gasteiger partial charge in [-0.3, -0.25) is 9.59 Å². The SMILES string of the molecule is COc1cccc(C(C)(CC(=O)O)NC(=O)CCCOc2ccccc2)c1. The Morgan fingerprint density at radius 3 is 2.44 bits per heavy atom. The number of methoxy groups -OCH3 is 1. The molecule has 2 aromatic rings. The Labute approximate surface area is 159 Å². The molecule has 1 amide bonds. The molecule has 0 saturated carbocycles. The number of carboxylic acids is 1. The number of carbonyl (C=O) groups is 2. The van der Waals surface area contributed by atoms with Gasteiger partial charge in [-0.15, -0.1) is 0 Å². The zero-order valence-electron chi connectivity index (χ0n) is 15.6. The number of benzene rings is 2. The second-order valence-electron chi connectivity index (χ2n) is 6.45. The van der Waals surface area contributed by atoms with Crippen molar-refractivity contribution in [1.29, 1.82) is 0 Å². The molecule has 0 radical (unpaired) electrons. The topological polar surface area (TPSA) is 84.9 Å².